The van der Waals surface area contributed by atoms with Crippen LogP contribution in [0.25, 0.3) is 23.0 Å². The number of rotatable bonds is 3. The second-order valence-corrected chi connectivity index (χ2v) is 5.56. The lowest BCUT2D eigenvalue weighted by Crippen LogP contribution is -2.04. The molecule has 0 atom stereocenters. The summed E-state index contributed by atoms with van der Waals surface area (Å²) < 4.78 is 53.1. The molecule has 0 amide bonds. The third-order valence-corrected chi connectivity index (χ3v) is 3.75. The molecule has 0 saturated carbocycles. The van der Waals surface area contributed by atoms with E-state index in [1.54, 1.807) is 54.6 Å². The molecule has 0 heterocycles. The van der Waals surface area contributed by atoms with Crippen LogP contribution in [0.3, 0.4) is 0 Å². The summed E-state index contributed by atoms with van der Waals surface area (Å²) in [7, 11) is 0. The largest absolute Gasteiger partial charge is 0.416 e. The van der Waals surface area contributed by atoms with Crippen LogP contribution in [0, 0.1) is 0 Å². The number of hydrogen-bond acceptors (Lipinski definition) is 0. The number of halogens is 4. The van der Waals surface area contributed by atoms with Crippen LogP contribution in [0.5, 0.6) is 0 Å². The second kappa shape index (κ2) is 6.93. The smallest absolute Gasteiger partial charge is 0.206 e. The molecule has 0 aliphatic rings. The first kappa shape index (κ1) is 17.0. The molecule has 0 aliphatic carbocycles. The highest BCUT2D eigenvalue weighted by atomic mass is 19.4. The molecule has 0 saturated heterocycles. The van der Waals surface area contributed by atoms with Crippen LogP contribution in [0.4, 0.5) is 17.6 Å². The molecule has 3 aromatic rings. The summed E-state index contributed by atoms with van der Waals surface area (Å²) in [5.74, 6) is -0.444. The van der Waals surface area contributed by atoms with Crippen molar-refractivity contribution in [1.82, 2.24) is 0 Å². The Morgan fingerprint density at radius 3 is 2.04 bits per heavy atom. The van der Waals surface area contributed by atoms with Crippen LogP contribution < -0.4 is 0 Å². The highest BCUT2D eigenvalue weighted by Gasteiger charge is 2.30. The molecule has 4 heteroatoms. The first-order valence-corrected chi connectivity index (χ1v) is 7.64. The van der Waals surface area contributed by atoms with E-state index in [9.17, 15) is 17.6 Å². The molecule has 25 heavy (non-hydrogen) atoms. The van der Waals surface area contributed by atoms with Crippen LogP contribution in [-0.4, -0.2) is 0 Å². The highest BCUT2D eigenvalue weighted by molar-refractivity contribution is 5.79. The first-order chi connectivity index (χ1) is 11.9. The molecular weight excluding hydrogens is 328 g/mol. The van der Waals surface area contributed by atoms with Gasteiger partial charge < -0.3 is 0 Å². The maximum atomic E-state index is 14.5. The first-order valence-electron chi connectivity index (χ1n) is 7.64. The molecule has 0 aromatic heterocycles. The Morgan fingerprint density at radius 1 is 0.720 bits per heavy atom. The molecule has 3 rings (SSSR count). The maximum Gasteiger partial charge on any atom is 0.416 e. The SMILES string of the molecule is FC(=Cc1ccccc1)c1cccc(-c2cccc(C(F)(F)F)c2)c1. The fourth-order valence-corrected chi connectivity index (χ4v) is 2.50. The van der Waals surface area contributed by atoms with Gasteiger partial charge in [-0.15, -0.1) is 0 Å². The summed E-state index contributed by atoms with van der Waals surface area (Å²) in [6.07, 6.45) is -3.02. The van der Waals surface area contributed by atoms with E-state index in [1.807, 2.05) is 6.07 Å². The predicted octanol–water partition coefficient (Wildman–Crippen LogP) is 6.84. The summed E-state index contributed by atoms with van der Waals surface area (Å²) >= 11 is 0. The molecule has 0 bridgehead atoms. The number of alkyl halides is 3. The topological polar surface area (TPSA) is 0 Å². The number of hydrogen-bond donors (Lipinski definition) is 0. The summed E-state index contributed by atoms with van der Waals surface area (Å²) in [5, 5.41) is 0. The maximum absolute atomic E-state index is 14.5. The van der Waals surface area contributed by atoms with Gasteiger partial charge in [-0.25, -0.2) is 4.39 Å². The van der Waals surface area contributed by atoms with Crippen molar-refractivity contribution < 1.29 is 17.6 Å². The average molecular weight is 342 g/mol. The quantitative estimate of drug-likeness (QED) is 0.361. The van der Waals surface area contributed by atoms with E-state index in [-0.39, 0.29) is 0 Å². The molecule has 0 radical (unpaired) electrons. The lowest BCUT2D eigenvalue weighted by molar-refractivity contribution is -0.137. The van der Waals surface area contributed by atoms with E-state index in [0.29, 0.717) is 22.3 Å². The van der Waals surface area contributed by atoms with E-state index in [4.69, 9.17) is 0 Å². The van der Waals surface area contributed by atoms with Crippen molar-refractivity contribution in [1.29, 1.82) is 0 Å². The van der Waals surface area contributed by atoms with Crippen LogP contribution in [0.15, 0.2) is 78.9 Å². The van der Waals surface area contributed by atoms with Crippen LogP contribution in [-0.2, 0) is 6.18 Å². The molecule has 0 spiro atoms. The molecule has 0 fully saturated rings. The van der Waals surface area contributed by atoms with Crippen LogP contribution in [0.2, 0.25) is 0 Å². The summed E-state index contributed by atoms with van der Waals surface area (Å²) in [6, 6.07) is 20.4. The van der Waals surface area contributed by atoms with Gasteiger partial charge in [-0.05, 0) is 41.0 Å². The minimum Gasteiger partial charge on any atom is -0.206 e. The van der Waals surface area contributed by atoms with Gasteiger partial charge in [0.2, 0.25) is 0 Å². The van der Waals surface area contributed by atoms with Crippen molar-refractivity contribution in [3.63, 3.8) is 0 Å². The van der Waals surface area contributed by atoms with Crippen molar-refractivity contribution in [3.05, 3.63) is 95.6 Å². The van der Waals surface area contributed by atoms with Gasteiger partial charge in [-0.2, -0.15) is 13.2 Å². The molecule has 0 unspecified atom stereocenters. The highest BCUT2D eigenvalue weighted by Crippen LogP contribution is 2.33. The third kappa shape index (κ3) is 4.15. The predicted molar refractivity (Wildman–Crippen MR) is 92.3 cm³/mol. The summed E-state index contributed by atoms with van der Waals surface area (Å²) in [4.78, 5) is 0. The normalized spacial score (nSPS) is 12.2. The Labute approximate surface area is 143 Å². The van der Waals surface area contributed by atoms with Gasteiger partial charge in [-0.3, -0.25) is 0 Å². The minimum atomic E-state index is -4.41. The second-order valence-electron chi connectivity index (χ2n) is 5.56. The van der Waals surface area contributed by atoms with E-state index >= 15 is 0 Å². The summed E-state index contributed by atoms with van der Waals surface area (Å²) in [6.45, 7) is 0. The number of benzene rings is 3. The van der Waals surface area contributed by atoms with E-state index < -0.39 is 17.6 Å². The van der Waals surface area contributed by atoms with Crippen molar-refractivity contribution in [2.75, 3.05) is 0 Å². The summed E-state index contributed by atoms with van der Waals surface area (Å²) in [5.41, 5.74) is 1.23. The van der Waals surface area contributed by atoms with E-state index in [2.05, 4.69) is 0 Å². The van der Waals surface area contributed by atoms with Gasteiger partial charge in [0.25, 0.3) is 0 Å². The van der Waals surface area contributed by atoms with Crippen molar-refractivity contribution >= 4 is 11.9 Å². The molecule has 0 nitrogen and oxygen atoms in total. The zero-order chi connectivity index (χ0) is 17.9. The zero-order valence-corrected chi connectivity index (χ0v) is 13.1. The van der Waals surface area contributed by atoms with Gasteiger partial charge in [0.15, 0.2) is 0 Å². The van der Waals surface area contributed by atoms with E-state index in [0.717, 1.165) is 12.1 Å². The Bertz CT molecular complexity index is 893. The lowest BCUT2D eigenvalue weighted by Gasteiger charge is -2.09. The minimum absolute atomic E-state index is 0.318. The molecule has 3 aromatic carbocycles. The Morgan fingerprint density at radius 2 is 1.36 bits per heavy atom. The van der Waals surface area contributed by atoms with Crippen molar-refractivity contribution in [3.8, 4) is 11.1 Å². The molecule has 0 N–H and O–H groups in total. The lowest BCUT2D eigenvalue weighted by atomic mass is 10.00. The van der Waals surface area contributed by atoms with Gasteiger partial charge in [0.1, 0.15) is 5.83 Å². The molecule has 126 valence electrons. The standard InChI is InChI=1S/C21H14F4/c22-20(12-15-6-2-1-3-7-15)18-10-4-8-16(13-18)17-9-5-11-19(14-17)21(23,24)25/h1-14H. The van der Waals surface area contributed by atoms with Crippen LogP contribution >= 0.6 is 0 Å². The Kier molecular flexibility index (Phi) is 4.70. The van der Waals surface area contributed by atoms with Crippen LogP contribution in [0.1, 0.15) is 16.7 Å². The van der Waals surface area contributed by atoms with Gasteiger partial charge in [0.05, 0.1) is 5.56 Å². The fourth-order valence-electron chi connectivity index (χ4n) is 2.50. The van der Waals surface area contributed by atoms with Gasteiger partial charge in [0, 0.05) is 5.56 Å². The molecular formula is C21H14F4. The van der Waals surface area contributed by atoms with Crippen molar-refractivity contribution in [2.24, 2.45) is 0 Å². The molecule has 0 aliphatic heterocycles. The Hall–Kier alpha value is -2.88. The van der Waals surface area contributed by atoms with E-state index in [1.165, 1.54) is 12.1 Å². The Balaban J connectivity index is 1.96. The average Bonchev–Trinajstić information content (AvgIpc) is 2.62. The van der Waals surface area contributed by atoms with Gasteiger partial charge in [-0.1, -0.05) is 60.7 Å². The monoisotopic (exact) mass is 342 g/mol. The van der Waals surface area contributed by atoms with Crippen molar-refractivity contribution in [2.45, 2.75) is 6.18 Å². The van der Waals surface area contributed by atoms with Gasteiger partial charge >= 0.3 is 6.18 Å². The fraction of sp³-hybridized carbons (Fsp3) is 0.0476. The zero-order valence-electron chi connectivity index (χ0n) is 13.1. The third-order valence-electron chi connectivity index (χ3n) is 3.75.